The number of carbonyl (C=O) groups is 1. The monoisotopic (exact) mass is 598 g/mol. The van der Waals surface area contributed by atoms with Gasteiger partial charge in [0.2, 0.25) is 11.8 Å². The van der Waals surface area contributed by atoms with Crippen LogP contribution < -0.4 is 10.1 Å². The second-order valence-corrected chi connectivity index (χ2v) is 10.5. The van der Waals surface area contributed by atoms with Crippen LogP contribution in [0.3, 0.4) is 0 Å². The highest BCUT2D eigenvalue weighted by Crippen LogP contribution is 2.37. The molecule has 0 aliphatic carbocycles. The molecule has 0 radical (unpaired) electrons. The van der Waals surface area contributed by atoms with E-state index in [0.29, 0.717) is 31.4 Å². The number of aromatic nitrogens is 2. The van der Waals surface area contributed by atoms with Gasteiger partial charge in [-0.25, -0.2) is 0 Å². The van der Waals surface area contributed by atoms with Gasteiger partial charge in [-0.15, -0.1) is 0 Å². The Balaban J connectivity index is 1.37. The zero-order chi connectivity index (χ0) is 28.9. The second-order valence-electron chi connectivity index (χ2n) is 9.70. The Labute approximate surface area is 239 Å². The van der Waals surface area contributed by atoms with Gasteiger partial charge in [-0.2, -0.15) is 22.5 Å². The predicted octanol–water partition coefficient (Wildman–Crippen LogP) is 6.98. The Hall–Kier alpha value is -2.95. The molecule has 3 heterocycles. The van der Waals surface area contributed by atoms with Crippen LogP contribution in [-0.2, 0) is 6.18 Å². The Morgan fingerprint density at radius 3 is 2.35 bits per heavy atom. The highest BCUT2D eigenvalue weighted by Gasteiger charge is 2.33. The minimum absolute atomic E-state index is 0.0269. The lowest BCUT2D eigenvalue weighted by atomic mass is 9.86. The summed E-state index contributed by atoms with van der Waals surface area (Å²) in [5, 5.41) is 3.20. The Bertz CT molecular complexity index is 1280. The summed E-state index contributed by atoms with van der Waals surface area (Å²) in [7, 11) is 0. The minimum Gasteiger partial charge on any atom is -0.469 e. The lowest BCUT2D eigenvalue weighted by Gasteiger charge is -2.39. The fourth-order valence-electron chi connectivity index (χ4n) is 4.84. The second kappa shape index (κ2) is 13.1. The summed E-state index contributed by atoms with van der Waals surface area (Å²) in [6, 6.07) is 9.23. The molecule has 0 saturated carbocycles. The molecule has 0 spiro atoms. The van der Waals surface area contributed by atoms with Crippen molar-refractivity contribution in [1.29, 1.82) is 0 Å². The van der Waals surface area contributed by atoms with Gasteiger partial charge in [0.05, 0.1) is 21.2 Å². The predicted molar refractivity (Wildman–Crippen MR) is 144 cm³/mol. The number of amides is 1. The van der Waals surface area contributed by atoms with E-state index in [0.717, 1.165) is 25.2 Å². The highest BCUT2D eigenvalue weighted by molar-refractivity contribution is 6.39. The molecule has 2 atom stereocenters. The molecule has 1 aliphatic rings. The number of halogens is 6. The van der Waals surface area contributed by atoms with Crippen molar-refractivity contribution in [3.8, 4) is 5.88 Å². The summed E-state index contributed by atoms with van der Waals surface area (Å²) in [5.74, 6) is -1.02. The molecule has 1 aliphatic heterocycles. The van der Waals surface area contributed by atoms with Crippen molar-refractivity contribution in [3.63, 3.8) is 0 Å². The van der Waals surface area contributed by atoms with Crippen LogP contribution in [0.25, 0.3) is 0 Å². The molecule has 40 heavy (non-hydrogen) atoms. The zero-order valence-electron chi connectivity index (χ0n) is 21.6. The molecule has 1 amide bonds. The smallest absolute Gasteiger partial charge is 0.416 e. The highest BCUT2D eigenvalue weighted by atomic mass is 35.5. The van der Waals surface area contributed by atoms with E-state index >= 15 is 0 Å². The van der Waals surface area contributed by atoms with E-state index in [1.165, 1.54) is 42.7 Å². The molecule has 6 nitrogen and oxygen atoms in total. The van der Waals surface area contributed by atoms with Crippen LogP contribution in [0.2, 0.25) is 10.0 Å². The molecule has 1 aromatic carbocycles. The van der Waals surface area contributed by atoms with Gasteiger partial charge in [-0.1, -0.05) is 41.4 Å². The summed E-state index contributed by atoms with van der Waals surface area (Å²) in [4.78, 5) is 22.4. The Kier molecular flexibility index (Phi) is 9.86. The first kappa shape index (κ1) is 30.0. The third-order valence-corrected chi connectivity index (χ3v) is 7.63. The van der Waals surface area contributed by atoms with E-state index in [9.17, 15) is 22.4 Å². The molecule has 1 fully saturated rings. The molecule has 4 rings (SSSR count). The number of likely N-dealkylation sites (tertiary alicyclic amines) is 1. The number of nitrogens with zero attached hydrogens (tertiary/aromatic N) is 3. The van der Waals surface area contributed by atoms with Gasteiger partial charge in [0.1, 0.15) is 6.10 Å². The molecule has 0 bridgehead atoms. The number of alkyl halides is 3. The van der Waals surface area contributed by atoms with Gasteiger partial charge in [-0.3, -0.25) is 9.78 Å². The number of pyridine rings is 2. The largest absolute Gasteiger partial charge is 0.469 e. The summed E-state index contributed by atoms with van der Waals surface area (Å²) < 4.78 is 59.1. The maximum Gasteiger partial charge on any atom is 0.416 e. The number of hydrogen-bond acceptors (Lipinski definition) is 5. The number of carbonyl (C=O) groups excluding carboxylic acids is 1. The van der Waals surface area contributed by atoms with Crippen molar-refractivity contribution in [2.24, 2.45) is 5.92 Å². The average molecular weight is 599 g/mol. The van der Waals surface area contributed by atoms with Crippen molar-refractivity contribution >= 4 is 29.1 Å². The number of hydrogen-bond donors (Lipinski definition) is 1. The summed E-state index contributed by atoms with van der Waals surface area (Å²) >= 11 is 12.1. The molecule has 12 heteroatoms. The van der Waals surface area contributed by atoms with Crippen molar-refractivity contribution < 1.29 is 27.1 Å². The third kappa shape index (κ3) is 7.62. The fourth-order valence-corrected chi connectivity index (χ4v) is 5.38. The van der Waals surface area contributed by atoms with Crippen molar-refractivity contribution in [1.82, 2.24) is 20.2 Å². The van der Waals surface area contributed by atoms with Gasteiger partial charge >= 0.3 is 6.18 Å². The molecule has 214 valence electrons. The van der Waals surface area contributed by atoms with Crippen LogP contribution >= 0.6 is 23.2 Å². The fraction of sp³-hybridized carbons (Fsp3) is 0.393. The average Bonchev–Trinajstić information content (AvgIpc) is 2.91. The standard InChI is InChI=1S/C28H28Cl2F4N4O2/c1-17(9-12-36-27(39)25-21(29)15-35-16-22(25)30)38-13-10-19(11-14-38)26(40-24-4-2-3-23(31)37-24)18-5-7-20(8-6-18)28(32,33)34/h2-8,15-17,19,26H,9-14H2,1H3,(H,36,39). The molecular weight excluding hydrogens is 571 g/mol. The van der Waals surface area contributed by atoms with Crippen LogP contribution in [0.4, 0.5) is 17.6 Å². The molecule has 1 saturated heterocycles. The first-order valence-corrected chi connectivity index (χ1v) is 13.6. The van der Waals surface area contributed by atoms with Crippen molar-refractivity contribution in [2.45, 2.75) is 44.5 Å². The summed E-state index contributed by atoms with van der Waals surface area (Å²) in [6.45, 7) is 3.93. The van der Waals surface area contributed by atoms with Crippen LogP contribution in [-0.4, -0.2) is 46.5 Å². The van der Waals surface area contributed by atoms with Gasteiger partial charge in [0, 0.05) is 37.0 Å². The maximum atomic E-state index is 13.7. The van der Waals surface area contributed by atoms with E-state index in [1.54, 1.807) is 0 Å². The molecule has 2 aromatic heterocycles. The van der Waals surface area contributed by atoms with E-state index in [2.05, 4.69) is 27.1 Å². The van der Waals surface area contributed by atoms with Gasteiger partial charge in [-0.05, 0) is 63.0 Å². The molecule has 2 unspecified atom stereocenters. The first-order valence-electron chi connectivity index (χ1n) is 12.8. The molecular formula is C28H28Cl2F4N4O2. The topological polar surface area (TPSA) is 67.4 Å². The van der Waals surface area contributed by atoms with E-state index in [-0.39, 0.29) is 39.4 Å². The SMILES string of the molecule is CC(CCNC(=O)c1c(Cl)cncc1Cl)N1CCC(C(Oc2cccc(F)n2)c2ccc(C(F)(F)F)cc2)CC1. The normalized spacial score (nSPS) is 16.4. The van der Waals surface area contributed by atoms with Crippen molar-refractivity contribution in [3.05, 3.63) is 87.5 Å². The Morgan fingerprint density at radius 1 is 1.10 bits per heavy atom. The van der Waals surface area contributed by atoms with E-state index in [4.69, 9.17) is 27.9 Å². The third-order valence-electron chi connectivity index (χ3n) is 7.06. The minimum atomic E-state index is -4.45. The zero-order valence-corrected chi connectivity index (χ0v) is 23.1. The number of nitrogens with one attached hydrogen (secondary N) is 1. The first-order chi connectivity index (χ1) is 19.0. The summed E-state index contributed by atoms with van der Waals surface area (Å²) in [5.41, 5.74) is 0.0127. The van der Waals surface area contributed by atoms with Gasteiger partial charge < -0.3 is 15.0 Å². The quantitative estimate of drug-likeness (QED) is 0.212. The number of ether oxygens (including phenoxy) is 1. The summed E-state index contributed by atoms with van der Waals surface area (Å²) in [6.07, 6.45) is -0.218. The lowest BCUT2D eigenvalue weighted by Crippen LogP contribution is -2.43. The van der Waals surface area contributed by atoms with E-state index < -0.39 is 23.8 Å². The molecule has 3 aromatic rings. The maximum absolute atomic E-state index is 13.7. The number of rotatable bonds is 9. The van der Waals surface area contributed by atoms with Crippen LogP contribution in [0.5, 0.6) is 5.88 Å². The van der Waals surface area contributed by atoms with Crippen LogP contribution in [0.1, 0.15) is 53.8 Å². The van der Waals surface area contributed by atoms with Gasteiger partial charge in [0.15, 0.2) is 0 Å². The van der Waals surface area contributed by atoms with E-state index in [1.807, 2.05) is 0 Å². The van der Waals surface area contributed by atoms with Crippen LogP contribution in [0.15, 0.2) is 54.9 Å². The Morgan fingerprint density at radius 2 is 1.75 bits per heavy atom. The number of piperidine rings is 1. The number of benzene rings is 1. The van der Waals surface area contributed by atoms with Crippen LogP contribution in [0, 0.1) is 11.9 Å². The lowest BCUT2D eigenvalue weighted by molar-refractivity contribution is -0.137. The van der Waals surface area contributed by atoms with Crippen molar-refractivity contribution in [2.75, 3.05) is 19.6 Å². The molecule has 1 N–H and O–H groups in total. The van der Waals surface area contributed by atoms with Gasteiger partial charge in [0.25, 0.3) is 5.91 Å².